The van der Waals surface area contributed by atoms with Gasteiger partial charge in [0.2, 0.25) is 0 Å². The van der Waals surface area contributed by atoms with Crippen molar-refractivity contribution in [3.05, 3.63) is 290 Å². The van der Waals surface area contributed by atoms with Gasteiger partial charge in [0.05, 0.1) is 5.69 Å². The lowest BCUT2D eigenvalue weighted by Crippen LogP contribution is -2.75. The van der Waals surface area contributed by atoms with Crippen molar-refractivity contribution >= 4 is 168 Å². The van der Waals surface area contributed by atoms with Gasteiger partial charge < -0.3 is 23.5 Å². The lowest BCUT2D eigenvalue weighted by Gasteiger charge is -2.45. The Balaban J connectivity index is 1.03. The van der Waals surface area contributed by atoms with Gasteiger partial charge in [-0.15, -0.1) is 11.3 Å². The highest BCUT2D eigenvalue weighted by Crippen LogP contribution is 2.51. The minimum Gasteiger partial charge on any atom is -0.456 e. The van der Waals surface area contributed by atoms with E-state index in [-0.39, 0.29) is 23.0 Å². The van der Waals surface area contributed by atoms with Crippen LogP contribution in [-0.4, -0.2) is 14.8 Å². The summed E-state index contributed by atoms with van der Waals surface area (Å²) in [4.78, 5) is 7.70. The van der Waals surface area contributed by atoms with E-state index in [0.717, 1.165) is 89.4 Å². The minimum atomic E-state index is -3.30. The van der Waals surface area contributed by atoms with Crippen molar-refractivity contribution in [2.24, 2.45) is 0 Å². The fourth-order valence-electron chi connectivity index (χ4n) is 15.3. The molecule has 0 amide bonds. The Morgan fingerprint density at radius 1 is 0.351 bits per heavy atom. The van der Waals surface area contributed by atoms with E-state index in [4.69, 9.17) is 8.83 Å². The number of hydrogen-bond donors (Lipinski definition) is 0. The number of thiophene rings is 1. The van der Waals surface area contributed by atoms with E-state index in [9.17, 15) is 0 Å². The summed E-state index contributed by atoms with van der Waals surface area (Å²) in [5, 5.41) is 10.8. The van der Waals surface area contributed by atoms with Gasteiger partial charge in [0.15, 0.2) is 8.07 Å². The van der Waals surface area contributed by atoms with Crippen molar-refractivity contribution in [2.45, 2.75) is 78.6 Å². The van der Waals surface area contributed by atoms with E-state index < -0.39 is 8.07 Å². The predicted molar refractivity (Wildman–Crippen MR) is 405 cm³/mol. The molecule has 456 valence electrons. The van der Waals surface area contributed by atoms with Crippen LogP contribution in [0.3, 0.4) is 0 Å². The molecule has 0 aliphatic carbocycles. The van der Waals surface area contributed by atoms with Crippen LogP contribution in [0.15, 0.2) is 282 Å². The molecule has 2 aliphatic heterocycles. The van der Waals surface area contributed by atoms with Crippen LogP contribution in [0.2, 0.25) is 0 Å². The average molecular weight is 1250 g/mol. The SMILES string of the molecule is CC(C)(C)c1ccc(N(c2ccc(C(C)(C)C)cc2)c2ccc3c(c2)N(c2ccc4c(c2)oc2ccccc24)c2cc([Si](c4ccccc4)(c4ccccc4)c4ccccc4)cc4c2B3c2sc3ccc(C(C)(C)C)cc3c2N4c2ccc3c(c2)oc2ccccc23)cc1. The van der Waals surface area contributed by atoms with Gasteiger partial charge >= 0.3 is 0 Å². The molecule has 5 heterocycles. The van der Waals surface area contributed by atoms with Crippen molar-refractivity contribution in [1.29, 1.82) is 0 Å². The molecule has 5 nitrogen and oxygen atoms in total. The molecule has 8 heteroatoms. The zero-order valence-electron chi connectivity index (χ0n) is 54.6. The van der Waals surface area contributed by atoms with Crippen LogP contribution in [0.25, 0.3) is 54.0 Å². The van der Waals surface area contributed by atoms with E-state index >= 15 is 0 Å². The quantitative estimate of drug-likeness (QED) is 0.106. The van der Waals surface area contributed by atoms with Gasteiger partial charge in [-0.2, -0.15) is 0 Å². The lowest BCUT2D eigenvalue weighted by molar-refractivity contribution is 0.590. The lowest BCUT2D eigenvalue weighted by atomic mass is 9.36. The van der Waals surface area contributed by atoms with Gasteiger partial charge in [0.25, 0.3) is 6.71 Å². The Hall–Kier alpha value is -10.1. The topological polar surface area (TPSA) is 36.0 Å². The molecule has 0 saturated carbocycles. The molecule has 94 heavy (non-hydrogen) atoms. The van der Waals surface area contributed by atoms with Crippen molar-refractivity contribution in [3.63, 3.8) is 0 Å². The number of hydrogen-bond acceptors (Lipinski definition) is 6. The fraction of sp³-hybridized carbons (Fsp3) is 0.140. The number of furan rings is 2. The molecule has 0 fully saturated rings. The van der Waals surface area contributed by atoms with Gasteiger partial charge in [0, 0.05) is 94.0 Å². The third-order valence-corrected chi connectivity index (χ3v) is 26.0. The summed E-state index contributed by atoms with van der Waals surface area (Å²) in [6.07, 6.45) is 0. The molecular formula is C86H72BN3O2SSi. The first-order valence-electron chi connectivity index (χ1n) is 33.0. The summed E-state index contributed by atoms with van der Waals surface area (Å²) in [5.74, 6) is 0. The van der Waals surface area contributed by atoms with Crippen LogP contribution < -0.4 is 51.1 Å². The minimum absolute atomic E-state index is 0.0203. The second-order valence-corrected chi connectivity index (χ2v) is 33.8. The molecule has 0 spiro atoms. The van der Waals surface area contributed by atoms with Crippen molar-refractivity contribution < 1.29 is 8.83 Å². The molecule has 0 bridgehead atoms. The van der Waals surface area contributed by atoms with Crippen LogP contribution in [-0.2, 0) is 16.2 Å². The highest BCUT2D eigenvalue weighted by Gasteiger charge is 2.49. The number of nitrogens with zero attached hydrogens (tertiary/aromatic N) is 3. The monoisotopic (exact) mass is 1250 g/mol. The van der Waals surface area contributed by atoms with Crippen LogP contribution >= 0.6 is 11.3 Å². The second-order valence-electron chi connectivity index (χ2n) is 28.9. The van der Waals surface area contributed by atoms with Gasteiger partial charge in [-0.3, -0.25) is 0 Å². The molecule has 12 aromatic carbocycles. The summed E-state index contributed by atoms with van der Waals surface area (Å²) in [7, 11) is -3.30. The molecule has 2 aliphatic rings. The molecule has 15 aromatic rings. The second kappa shape index (κ2) is 21.5. The molecular weight excluding hydrogens is 1180 g/mol. The Kier molecular flexibility index (Phi) is 13.2. The average Bonchev–Trinajstić information content (AvgIpc) is 1.25. The standard InChI is InChI=1S/C86H72BN3O2SSi/c1-84(2,3)55-33-38-58(39-34-55)88(59-40-35-56(36-41-59)85(4,5)6)60-44-47-72-73(50-60)89(61-42-45-69-67-29-19-21-31-76(67)91-78(69)51-61)74-53-66(94(63-23-13-10-14-24-63,64-25-15-11-16-26-64)65-27-17-12-18-28-65)54-75-81(74)87(72)83-82(71-49-57(86(7,8)9)37-48-80(71)93-83)90(75)62-43-46-70-68-30-20-22-32-77(68)92-79(70)52-62/h10-54H,1-9H3. The van der Waals surface area contributed by atoms with Gasteiger partial charge in [-0.1, -0.05) is 226 Å². The van der Waals surface area contributed by atoms with E-state index in [2.05, 4.69) is 350 Å². The predicted octanol–water partition coefficient (Wildman–Crippen LogP) is 19.5. The maximum atomic E-state index is 6.94. The van der Waals surface area contributed by atoms with E-state index in [1.165, 1.54) is 68.9 Å². The summed E-state index contributed by atoms with van der Waals surface area (Å²) in [6.45, 7) is 20.6. The zero-order chi connectivity index (χ0) is 64.0. The summed E-state index contributed by atoms with van der Waals surface area (Å²) in [5.41, 5.74) is 19.5. The van der Waals surface area contributed by atoms with Crippen LogP contribution in [0.1, 0.15) is 79.0 Å². The summed E-state index contributed by atoms with van der Waals surface area (Å²) >= 11 is 1.94. The van der Waals surface area contributed by atoms with E-state index in [1.54, 1.807) is 0 Å². The van der Waals surface area contributed by atoms with Crippen LogP contribution in [0, 0.1) is 0 Å². The van der Waals surface area contributed by atoms with Gasteiger partial charge in [-0.25, -0.2) is 0 Å². The van der Waals surface area contributed by atoms with Crippen molar-refractivity contribution in [3.8, 4) is 0 Å². The largest absolute Gasteiger partial charge is 0.456 e. The first-order valence-corrected chi connectivity index (χ1v) is 35.8. The molecule has 0 radical (unpaired) electrons. The number of anilines is 9. The van der Waals surface area contributed by atoms with Crippen LogP contribution in [0.4, 0.5) is 51.2 Å². The van der Waals surface area contributed by atoms with Crippen molar-refractivity contribution in [1.82, 2.24) is 0 Å². The Morgan fingerprint density at radius 2 is 0.787 bits per heavy atom. The first kappa shape index (κ1) is 57.8. The zero-order valence-corrected chi connectivity index (χ0v) is 56.4. The van der Waals surface area contributed by atoms with E-state index in [1.807, 2.05) is 11.3 Å². The summed E-state index contributed by atoms with van der Waals surface area (Å²) < 4.78 is 16.4. The molecule has 0 saturated heterocycles. The number of benzene rings is 12. The maximum Gasteiger partial charge on any atom is 0.264 e. The number of para-hydroxylation sites is 2. The maximum absolute atomic E-state index is 6.94. The normalized spacial score (nSPS) is 13.3. The van der Waals surface area contributed by atoms with Crippen LogP contribution in [0.5, 0.6) is 0 Å². The Bertz CT molecular complexity index is 5310. The fourth-order valence-corrected chi connectivity index (χ4v) is 21.4. The van der Waals surface area contributed by atoms with Crippen molar-refractivity contribution in [2.75, 3.05) is 14.7 Å². The smallest absolute Gasteiger partial charge is 0.264 e. The number of rotatable bonds is 9. The molecule has 0 N–H and O–H groups in total. The highest BCUT2D eigenvalue weighted by molar-refractivity contribution is 7.33. The third kappa shape index (κ3) is 9.16. The molecule has 0 atom stereocenters. The number of fused-ring (bicyclic) bond motifs is 12. The molecule has 3 aromatic heterocycles. The van der Waals surface area contributed by atoms with E-state index in [0.29, 0.717) is 0 Å². The summed E-state index contributed by atoms with van der Waals surface area (Å²) in [6, 6.07) is 103. The first-order chi connectivity index (χ1) is 45.5. The Labute approximate surface area is 555 Å². The molecule has 17 rings (SSSR count). The molecule has 0 unspecified atom stereocenters. The third-order valence-electron chi connectivity index (χ3n) is 20.0. The highest BCUT2D eigenvalue weighted by atomic mass is 32.1. The van der Waals surface area contributed by atoms with Gasteiger partial charge in [-0.05, 0) is 162 Å². The Morgan fingerprint density at radius 3 is 1.29 bits per heavy atom. The van der Waals surface area contributed by atoms with Gasteiger partial charge in [0.1, 0.15) is 22.3 Å².